The van der Waals surface area contributed by atoms with Crippen LogP contribution in [0.25, 0.3) is 10.8 Å². The molecule has 19 heteroatoms. The van der Waals surface area contributed by atoms with Gasteiger partial charge in [0.2, 0.25) is 11.8 Å². The lowest BCUT2D eigenvalue weighted by molar-refractivity contribution is -0.117. The topological polar surface area (TPSA) is 203 Å². The summed E-state index contributed by atoms with van der Waals surface area (Å²) in [6.07, 6.45) is 0. The minimum atomic E-state index is -5.04. The van der Waals surface area contributed by atoms with Crippen molar-refractivity contribution in [2.24, 2.45) is 10.2 Å². The predicted octanol–water partition coefficient (Wildman–Crippen LogP) is 5.67. The van der Waals surface area contributed by atoms with Crippen LogP contribution in [0.2, 0.25) is 0 Å². The second kappa shape index (κ2) is 13.7. The fraction of sp³-hybridized carbons (Fsp3) is 0.217. The average Bonchev–Trinajstić information content (AvgIpc) is 2.93. The zero-order valence-corrected chi connectivity index (χ0v) is 29.0. The second-order valence-corrected chi connectivity index (χ2v) is 14.7. The first-order valence-corrected chi connectivity index (χ1v) is 18.2. The smallest absolute Gasteiger partial charge is 0.296 e. The summed E-state index contributed by atoms with van der Waals surface area (Å²) in [7, 11) is -8.41. The lowest BCUT2D eigenvalue weighted by Gasteiger charge is -2.20. The number of aromatic hydroxyl groups is 1. The molecule has 42 heavy (non-hydrogen) atoms. The van der Waals surface area contributed by atoms with Crippen LogP contribution in [0.1, 0.15) is 0 Å². The molecule has 0 aliphatic heterocycles. The maximum Gasteiger partial charge on any atom is 0.296 e. The number of azo groups is 1. The van der Waals surface area contributed by atoms with Crippen LogP contribution in [0.5, 0.6) is 5.75 Å². The molecule has 0 aliphatic carbocycles. The van der Waals surface area contributed by atoms with Crippen molar-refractivity contribution in [3.05, 3.63) is 42.5 Å². The number of rotatable bonds is 10. The van der Waals surface area contributed by atoms with Crippen molar-refractivity contribution < 1.29 is 40.6 Å². The Morgan fingerprint density at radius 2 is 1.52 bits per heavy atom. The SMILES string of the molecule is CN(C(=O)C(Br)CBr)c1ccc2c(O)c(N=Nc3cc(NC(=O)C(Br)CBr)ccc3S(=O)(=O)O)c(S(=O)(=O)O)cc2c1. The van der Waals surface area contributed by atoms with Gasteiger partial charge in [0.05, 0.1) is 0 Å². The van der Waals surface area contributed by atoms with E-state index >= 15 is 0 Å². The Morgan fingerprint density at radius 1 is 0.905 bits per heavy atom. The Balaban J connectivity index is 2.18. The number of fused-ring (bicyclic) bond motifs is 1. The van der Waals surface area contributed by atoms with Crippen molar-refractivity contribution in [3.63, 3.8) is 0 Å². The molecule has 0 saturated carbocycles. The summed E-state index contributed by atoms with van der Waals surface area (Å²) < 4.78 is 68.0. The van der Waals surface area contributed by atoms with Gasteiger partial charge in [-0.2, -0.15) is 16.8 Å². The number of benzene rings is 3. The molecule has 4 N–H and O–H groups in total. The van der Waals surface area contributed by atoms with E-state index in [0.717, 1.165) is 18.2 Å². The molecule has 0 fully saturated rings. The van der Waals surface area contributed by atoms with Crippen LogP contribution >= 0.6 is 63.7 Å². The molecule has 0 aliphatic rings. The molecular formula is C23H20Br4N4O9S2. The first kappa shape index (κ1) is 34.5. The van der Waals surface area contributed by atoms with Gasteiger partial charge < -0.3 is 15.3 Å². The Bertz CT molecular complexity index is 1810. The molecule has 0 bridgehead atoms. The van der Waals surface area contributed by atoms with Crippen LogP contribution < -0.4 is 10.2 Å². The lowest BCUT2D eigenvalue weighted by Crippen LogP contribution is -2.34. The van der Waals surface area contributed by atoms with Gasteiger partial charge in [0, 0.05) is 34.5 Å². The molecule has 226 valence electrons. The van der Waals surface area contributed by atoms with Crippen molar-refractivity contribution in [2.75, 3.05) is 27.9 Å². The van der Waals surface area contributed by atoms with Gasteiger partial charge >= 0.3 is 0 Å². The summed E-state index contributed by atoms with van der Waals surface area (Å²) in [5.41, 5.74) is -0.859. The fourth-order valence-electron chi connectivity index (χ4n) is 3.53. The third-order valence-corrected chi connectivity index (χ3v) is 11.9. The lowest BCUT2D eigenvalue weighted by atomic mass is 10.1. The summed E-state index contributed by atoms with van der Waals surface area (Å²) >= 11 is 12.7. The molecule has 0 heterocycles. The van der Waals surface area contributed by atoms with Crippen molar-refractivity contribution in [1.29, 1.82) is 0 Å². The number of alkyl halides is 4. The molecular weight excluding hydrogens is 860 g/mol. The Hall–Kier alpha value is -2.00. The zero-order valence-electron chi connectivity index (χ0n) is 21.1. The van der Waals surface area contributed by atoms with Crippen LogP contribution in [0.3, 0.4) is 0 Å². The third kappa shape index (κ3) is 7.93. The van der Waals surface area contributed by atoms with Gasteiger partial charge in [0.15, 0.2) is 5.75 Å². The van der Waals surface area contributed by atoms with Gasteiger partial charge in [-0.05, 0) is 47.9 Å². The van der Waals surface area contributed by atoms with Crippen LogP contribution in [-0.4, -0.2) is 70.2 Å². The number of phenols is 1. The third-order valence-electron chi connectivity index (χ3n) is 5.62. The number of amides is 2. The number of nitrogens with one attached hydrogen (secondary N) is 1. The van der Waals surface area contributed by atoms with Crippen molar-refractivity contribution >= 4 is 129 Å². The zero-order chi connectivity index (χ0) is 31.6. The molecule has 13 nitrogen and oxygen atoms in total. The van der Waals surface area contributed by atoms with Crippen LogP contribution in [0, 0.1) is 0 Å². The maximum atomic E-state index is 12.6. The summed E-state index contributed by atoms with van der Waals surface area (Å²) in [6, 6.07) is 8.43. The Kier molecular flexibility index (Phi) is 11.3. The van der Waals surface area contributed by atoms with Gasteiger partial charge in [-0.15, -0.1) is 10.2 Å². The van der Waals surface area contributed by atoms with Crippen molar-refractivity contribution in [3.8, 4) is 5.75 Å². The summed E-state index contributed by atoms with van der Waals surface area (Å²) in [5.74, 6) is -1.55. The van der Waals surface area contributed by atoms with Gasteiger partial charge in [0.1, 0.15) is 30.8 Å². The first-order chi connectivity index (χ1) is 19.5. The number of hydrogen-bond acceptors (Lipinski definition) is 9. The number of hydrogen-bond donors (Lipinski definition) is 4. The molecule has 2 atom stereocenters. The van der Waals surface area contributed by atoms with Crippen molar-refractivity contribution in [2.45, 2.75) is 19.4 Å². The predicted molar refractivity (Wildman–Crippen MR) is 171 cm³/mol. The summed E-state index contributed by atoms with van der Waals surface area (Å²) in [5, 5.41) is 21.7. The molecule has 3 rings (SSSR count). The van der Waals surface area contributed by atoms with Gasteiger partial charge in [-0.1, -0.05) is 63.7 Å². The number of carbonyl (C=O) groups excluding carboxylic acids is 2. The normalized spacial score (nSPS) is 13.7. The second-order valence-electron chi connectivity index (χ2n) is 8.44. The molecule has 0 radical (unpaired) electrons. The van der Waals surface area contributed by atoms with E-state index in [4.69, 9.17) is 0 Å². The molecule has 0 spiro atoms. The highest BCUT2D eigenvalue weighted by atomic mass is 79.9. The molecule has 3 aromatic carbocycles. The van der Waals surface area contributed by atoms with E-state index in [1.165, 1.54) is 36.2 Å². The van der Waals surface area contributed by atoms with E-state index < -0.39 is 62.7 Å². The van der Waals surface area contributed by atoms with Crippen molar-refractivity contribution in [1.82, 2.24) is 0 Å². The number of nitrogens with zero attached hydrogens (tertiary/aromatic N) is 3. The minimum Gasteiger partial charge on any atom is -0.505 e. The number of halogens is 4. The van der Waals surface area contributed by atoms with Gasteiger partial charge in [-0.3, -0.25) is 18.7 Å². The van der Waals surface area contributed by atoms with E-state index in [1.807, 2.05) is 0 Å². The Labute approximate surface area is 273 Å². The van der Waals surface area contributed by atoms with E-state index in [9.17, 15) is 40.6 Å². The average molecular weight is 880 g/mol. The summed E-state index contributed by atoms with van der Waals surface area (Å²) in [4.78, 5) is 23.3. The number of phenolic OH excluding ortho intramolecular Hbond substituents is 1. The largest absolute Gasteiger partial charge is 0.505 e. The number of anilines is 2. The van der Waals surface area contributed by atoms with E-state index in [2.05, 4.69) is 79.3 Å². The van der Waals surface area contributed by atoms with E-state index in [-0.39, 0.29) is 27.7 Å². The van der Waals surface area contributed by atoms with Gasteiger partial charge in [0.25, 0.3) is 20.2 Å². The van der Waals surface area contributed by atoms with Crippen LogP contribution in [0.15, 0.2) is 62.5 Å². The first-order valence-electron chi connectivity index (χ1n) is 11.3. The maximum absolute atomic E-state index is 12.6. The van der Waals surface area contributed by atoms with E-state index in [1.54, 1.807) is 0 Å². The fourth-order valence-corrected chi connectivity index (χ4v) is 5.78. The Morgan fingerprint density at radius 3 is 2.10 bits per heavy atom. The highest BCUT2D eigenvalue weighted by molar-refractivity contribution is 9.12. The van der Waals surface area contributed by atoms with E-state index in [0.29, 0.717) is 11.0 Å². The highest BCUT2D eigenvalue weighted by Crippen LogP contribution is 2.43. The van der Waals surface area contributed by atoms with Crippen LogP contribution in [-0.2, 0) is 29.8 Å². The minimum absolute atomic E-state index is 0.0568. The molecule has 2 amide bonds. The standard InChI is InChI=1S/C23H20Br4N4O9S2/c1-31(23(34)16(27)10-25)13-3-4-14-11(6-13)7-19(42(38,39)40)20(21(14)32)30-29-17-8-12(28-22(33)15(26)9-24)2-5-18(17)41(35,36)37/h2-8,15-16,32H,9-10H2,1H3,(H,28,33)(H,35,36,37)(H,38,39,40). The highest BCUT2D eigenvalue weighted by Gasteiger charge is 2.25. The summed E-state index contributed by atoms with van der Waals surface area (Å²) in [6.45, 7) is 0. The quantitative estimate of drug-likeness (QED) is 0.112. The molecule has 2 unspecified atom stereocenters. The number of carbonyl (C=O) groups is 2. The van der Waals surface area contributed by atoms with Gasteiger partial charge in [-0.25, -0.2) is 0 Å². The monoisotopic (exact) mass is 876 g/mol. The van der Waals surface area contributed by atoms with Crippen LogP contribution in [0.4, 0.5) is 22.7 Å². The molecule has 3 aromatic rings. The molecule has 0 saturated heterocycles. The molecule has 0 aromatic heterocycles.